The highest BCUT2D eigenvalue weighted by molar-refractivity contribution is 5.85. The molecule has 3 aromatic rings. The zero-order chi connectivity index (χ0) is 13.1. The first-order chi connectivity index (χ1) is 9.36. The van der Waals surface area contributed by atoms with Crippen molar-refractivity contribution in [2.24, 2.45) is 5.84 Å². The summed E-state index contributed by atoms with van der Waals surface area (Å²) in [5.74, 6) is 6.29. The highest BCUT2D eigenvalue weighted by Crippen LogP contribution is 2.18. The molecule has 0 atom stereocenters. The zero-order valence-corrected chi connectivity index (χ0v) is 11.1. The molecule has 8 nitrogen and oxygen atoms in total. The number of nitrogens with one attached hydrogen (secondary N) is 2. The number of nitrogen functional groups attached to an aromatic ring is 1. The summed E-state index contributed by atoms with van der Waals surface area (Å²) in [4.78, 5) is 8.38. The van der Waals surface area contributed by atoms with Gasteiger partial charge in [-0.1, -0.05) is 30.3 Å². The van der Waals surface area contributed by atoms with Crippen LogP contribution in [0.1, 0.15) is 5.56 Å². The number of hydrogen-bond donors (Lipinski definition) is 3. The van der Waals surface area contributed by atoms with Crippen molar-refractivity contribution in [2.45, 2.75) is 6.54 Å². The Bertz CT molecular complexity index is 688. The minimum Gasteiger partial charge on any atom is -0.363 e. The number of nitrogens with two attached hydrogens (primary N) is 1. The van der Waals surface area contributed by atoms with E-state index in [1.807, 2.05) is 30.3 Å². The first-order valence-electron chi connectivity index (χ1n) is 5.61. The largest absolute Gasteiger partial charge is 0.363 e. The summed E-state index contributed by atoms with van der Waals surface area (Å²) in [5, 5.41) is 10.4. The highest BCUT2D eigenvalue weighted by atomic mass is 35.5. The van der Waals surface area contributed by atoms with E-state index in [-0.39, 0.29) is 12.4 Å². The smallest absolute Gasteiger partial charge is 0.245 e. The van der Waals surface area contributed by atoms with Crippen molar-refractivity contribution in [1.29, 1.82) is 0 Å². The van der Waals surface area contributed by atoms with Gasteiger partial charge in [-0.15, -0.1) is 12.4 Å². The van der Waals surface area contributed by atoms with Crippen LogP contribution in [0.15, 0.2) is 35.0 Å². The SMILES string of the molecule is Cl.NNc1nc2nonc2nc1NCc1ccccc1. The minimum atomic E-state index is 0. The molecule has 0 aliphatic rings. The van der Waals surface area contributed by atoms with Crippen LogP contribution in [0.3, 0.4) is 0 Å². The van der Waals surface area contributed by atoms with Gasteiger partial charge in [0.2, 0.25) is 11.3 Å². The Morgan fingerprint density at radius 3 is 2.30 bits per heavy atom. The number of hydrazine groups is 1. The van der Waals surface area contributed by atoms with Crippen LogP contribution < -0.4 is 16.6 Å². The fourth-order valence-electron chi connectivity index (χ4n) is 1.64. The summed E-state index contributed by atoms with van der Waals surface area (Å²) in [6.07, 6.45) is 0. The Kier molecular flexibility index (Phi) is 4.28. The fourth-order valence-corrected chi connectivity index (χ4v) is 1.64. The van der Waals surface area contributed by atoms with Crippen molar-refractivity contribution in [3.8, 4) is 0 Å². The van der Waals surface area contributed by atoms with Crippen LogP contribution in [-0.2, 0) is 6.54 Å². The molecule has 0 aliphatic carbocycles. The van der Waals surface area contributed by atoms with Gasteiger partial charge in [-0.3, -0.25) is 0 Å². The molecule has 2 heterocycles. The number of fused-ring (bicyclic) bond motifs is 1. The molecule has 4 N–H and O–H groups in total. The molecule has 9 heteroatoms. The predicted molar refractivity (Wildman–Crippen MR) is 76.2 cm³/mol. The number of benzene rings is 1. The predicted octanol–water partition coefficient (Wildman–Crippen LogP) is 1.33. The van der Waals surface area contributed by atoms with Gasteiger partial charge >= 0.3 is 0 Å². The quantitative estimate of drug-likeness (QED) is 0.487. The van der Waals surface area contributed by atoms with Crippen LogP contribution in [0.2, 0.25) is 0 Å². The molecule has 0 fully saturated rings. The van der Waals surface area contributed by atoms with Crippen LogP contribution in [-0.4, -0.2) is 20.3 Å². The van der Waals surface area contributed by atoms with Crippen molar-refractivity contribution in [3.63, 3.8) is 0 Å². The maximum atomic E-state index is 5.41. The summed E-state index contributed by atoms with van der Waals surface area (Å²) in [5.41, 5.74) is 4.22. The van der Waals surface area contributed by atoms with E-state index in [4.69, 9.17) is 5.84 Å². The Balaban J connectivity index is 0.00000147. The Labute approximate surface area is 120 Å². The lowest BCUT2D eigenvalue weighted by atomic mass is 10.2. The fraction of sp³-hybridized carbons (Fsp3) is 0.0909. The lowest BCUT2D eigenvalue weighted by molar-refractivity contribution is 0.314. The molecule has 0 spiro atoms. The standard InChI is InChI=1S/C11H11N7O.ClH/c12-16-9-8(13-6-7-4-2-1-3-5-7)14-10-11(15-9)18-19-17-10;/h1-5H,6,12H2,(H,13,14,17)(H,15,16,18);1H. The van der Waals surface area contributed by atoms with Gasteiger partial charge in [0.1, 0.15) is 0 Å². The molecule has 0 saturated heterocycles. The molecule has 0 aliphatic heterocycles. The van der Waals surface area contributed by atoms with Gasteiger partial charge in [0.05, 0.1) is 0 Å². The van der Waals surface area contributed by atoms with Crippen LogP contribution in [0.4, 0.5) is 11.6 Å². The summed E-state index contributed by atoms with van der Waals surface area (Å²) >= 11 is 0. The molecule has 2 aromatic heterocycles. The van der Waals surface area contributed by atoms with E-state index in [0.29, 0.717) is 29.5 Å². The van der Waals surface area contributed by atoms with Crippen molar-refractivity contribution in [1.82, 2.24) is 20.3 Å². The van der Waals surface area contributed by atoms with E-state index in [1.165, 1.54) is 0 Å². The van der Waals surface area contributed by atoms with Crippen molar-refractivity contribution < 1.29 is 4.63 Å². The Hall–Kier alpha value is -2.45. The van der Waals surface area contributed by atoms with Crippen LogP contribution in [0.5, 0.6) is 0 Å². The molecule has 3 rings (SSSR count). The average Bonchev–Trinajstić information content (AvgIpc) is 2.92. The number of hydrogen-bond acceptors (Lipinski definition) is 8. The lowest BCUT2D eigenvalue weighted by Gasteiger charge is -2.08. The van der Waals surface area contributed by atoms with E-state index in [9.17, 15) is 0 Å². The van der Waals surface area contributed by atoms with Gasteiger partial charge in [0.15, 0.2) is 11.6 Å². The summed E-state index contributed by atoms with van der Waals surface area (Å²) in [6.45, 7) is 0.598. The summed E-state index contributed by atoms with van der Waals surface area (Å²) < 4.78 is 4.56. The van der Waals surface area contributed by atoms with E-state index < -0.39 is 0 Å². The van der Waals surface area contributed by atoms with Crippen LogP contribution >= 0.6 is 12.4 Å². The summed E-state index contributed by atoms with van der Waals surface area (Å²) in [6, 6.07) is 9.91. The molecule has 0 radical (unpaired) electrons. The molecule has 0 saturated carbocycles. The first kappa shape index (κ1) is 14.0. The van der Waals surface area contributed by atoms with Gasteiger partial charge in [0, 0.05) is 6.54 Å². The third-order valence-electron chi connectivity index (χ3n) is 2.55. The van der Waals surface area contributed by atoms with Crippen molar-refractivity contribution >= 4 is 35.3 Å². The van der Waals surface area contributed by atoms with Crippen LogP contribution in [0, 0.1) is 0 Å². The van der Waals surface area contributed by atoms with E-state index in [2.05, 4.69) is 35.7 Å². The molecular formula is C11H12ClN7O. The molecule has 0 amide bonds. The van der Waals surface area contributed by atoms with Gasteiger partial charge < -0.3 is 10.7 Å². The van der Waals surface area contributed by atoms with Gasteiger partial charge in [-0.2, -0.15) is 4.98 Å². The Morgan fingerprint density at radius 1 is 1.00 bits per heavy atom. The number of rotatable bonds is 4. The number of halogens is 1. The van der Waals surface area contributed by atoms with E-state index >= 15 is 0 Å². The number of nitrogens with zero attached hydrogens (tertiary/aromatic N) is 4. The van der Waals surface area contributed by atoms with Crippen LogP contribution in [0.25, 0.3) is 11.3 Å². The normalized spacial score (nSPS) is 10.1. The highest BCUT2D eigenvalue weighted by Gasteiger charge is 2.11. The maximum Gasteiger partial charge on any atom is 0.245 e. The molecule has 0 bridgehead atoms. The third-order valence-corrected chi connectivity index (χ3v) is 2.55. The molecule has 0 unspecified atom stereocenters. The maximum absolute atomic E-state index is 5.41. The second kappa shape index (κ2) is 6.13. The topological polar surface area (TPSA) is 115 Å². The average molecular weight is 294 g/mol. The molecule has 1 aromatic carbocycles. The van der Waals surface area contributed by atoms with Crippen molar-refractivity contribution in [3.05, 3.63) is 35.9 Å². The zero-order valence-electron chi connectivity index (χ0n) is 10.3. The van der Waals surface area contributed by atoms with Gasteiger partial charge in [-0.25, -0.2) is 15.5 Å². The van der Waals surface area contributed by atoms with Crippen molar-refractivity contribution in [2.75, 3.05) is 10.7 Å². The summed E-state index contributed by atoms with van der Waals surface area (Å²) in [7, 11) is 0. The number of anilines is 2. The molecular weight excluding hydrogens is 282 g/mol. The Morgan fingerprint density at radius 2 is 1.65 bits per heavy atom. The monoisotopic (exact) mass is 293 g/mol. The van der Waals surface area contributed by atoms with Gasteiger partial charge in [-0.05, 0) is 15.9 Å². The first-order valence-corrected chi connectivity index (χ1v) is 5.61. The minimum absolute atomic E-state index is 0. The molecule has 104 valence electrons. The van der Waals surface area contributed by atoms with E-state index in [0.717, 1.165) is 5.56 Å². The van der Waals surface area contributed by atoms with E-state index in [1.54, 1.807) is 0 Å². The number of aromatic nitrogens is 4. The van der Waals surface area contributed by atoms with Gasteiger partial charge in [0.25, 0.3) is 0 Å². The molecule has 20 heavy (non-hydrogen) atoms. The second-order valence-corrected chi connectivity index (χ2v) is 3.82. The second-order valence-electron chi connectivity index (χ2n) is 3.82. The third kappa shape index (κ3) is 2.76. The lowest BCUT2D eigenvalue weighted by Crippen LogP contribution is -2.13.